The molecule has 0 fully saturated rings. The fraction of sp³-hybridized carbons (Fsp3) is 0.333. The van der Waals surface area contributed by atoms with E-state index in [1.807, 2.05) is 6.07 Å². The molecular formula is C24H25NO6. The summed E-state index contributed by atoms with van der Waals surface area (Å²) in [6.07, 6.45) is 4.84. The van der Waals surface area contributed by atoms with Gasteiger partial charge in [0, 0.05) is 23.1 Å². The van der Waals surface area contributed by atoms with Gasteiger partial charge >= 0.3 is 5.63 Å². The van der Waals surface area contributed by atoms with Gasteiger partial charge in [-0.1, -0.05) is 6.42 Å². The van der Waals surface area contributed by atoms with Crippen LogP contribution in [0.5, 0.6) is 17.2 Å². The highest BCUT2D eigenvalue weighted by Crippen LogP contribution is 2.30. The number of hydrogen-bond donors (Lipinski definition) is 1. The molecule has 0 saturated carbocycles. The quantitative estimate of drug-likeness (QED) is 0.475. The van der Waals surface area contributed by atoms with Gasteiger partial charge in [0.25, 0.3) is 5.91 Å². The van der Waals surface area contributed by atoms with Gasteiger partial charge in [-0.3, -0.25) is 4.79 Å². The summed E-state index contributed by atoms with van der Waals surface area (Å²) in [5, 5.41) is 3.70. The van der Waals surface area contributed by atoms with Crippen LogP contribution in [0.4, 0.5) is 5.69 Å². The SMILES string of the molecule is COc1ccc(NC(=O)COc2ccc3c4c(c(=O)oc3c2)CCCCC4)c(OC)c1. The van der Waals surface area contributed by atoms with Crippen molar-refractivity contribution in [1.82, 2.24) is 0 Å². The Hall–Kier alpha value is -3.48. The minimum absolute atomic E-state index is 0.199. The van der Waals surface area contributed by atoms with Gasteiger partial charge in [-0.25, -0.2) is 4.79 Å². The Bertz CT molecular complexity index is 1170. The van der Waals surface area contributed by atoms with Crippen LogP contribution in [0.3, 0.4) is 0 Å². The van der Waals surface area contributed by atoms with Crippen molar-refractivity contribution in [2.75, 3.05) is 26.1 Å². The van der Waals surface area contributed by atoms with Crippen molar-refractivity contribution < 1.29 is 23.4 Å². The van der Waals surface area contributed by atoms with Crippen LogP contribution < -0.4 is 25.2 Å². The third kappa shape index (κ3) is 4.50. The van der Waals surface area contributed by atoms with Crippen LogP contribution >= 0.6 is 0 Å². The normalized spacial score (nSPS) is 13.2. The molecule has 0 atom stereocenters. The number of anilines is 1. The fourth-order valence-corrected chi connectivity index (χ4v) is 3.93. The van der Waals surface area contributed by atoms with Gasteiger partial charge in [0.15, 0.2) is 6.61 Å². The van der Waals surface area contributed by atoms with Gasteiger partial charge in [-0.05, 0) is 55.5 Å². The number of methoxy groups -OCH3 is 2. The van der Waals surface area contributed by atoms with E-state index in [0.29, 0.717) is 28.5 Å². The number of aryl methyl sites for hydroxylation is 1. The average molecular weight is 423 g/mol. The lowest BCUT2D eigenvalue weighted by Gasteiger charge is -2.13. The van der Waals surface area contributed by atoms with E-state index in [4.69, 9.17) is 18.6 Å². The first-order chi connectivity index (χ1) is 15.1. The smallest absolute Gasteiger partial charge is 0.339 e. The topological polar surface area (TPSA) is 87.0 Å². The van der Waals surface area contributed by atoms with Gasteiger partial charge in [0.1, 0.15) is 22.8 Å². The van der Waals surface area contributed by atoms with Gasteiger partial charge < -0.3 is 23.9 Å². The molecule has 3 aromatic rings. The number of ether oxygens (including phenoxy) is 3. The highest BCUT2D eigenvalue weighted by molar-refractivity contribution is 5.93. The van der Waals surface area contributed by atoms with E-state index in [1.165, 1.54) is 7.11 Å². The largest absolute Gasteiger partial charge is 0.497 e. The molecule has 1 aromatic heterocycles. The second kappa shape index (κ2) is 9.12. The summed E-state index contributed by atoms with van der Waals surface area (Å²) in [5.74, 6) is 1.23. The summed E-state index contributed by atoms with van der Waals surface area (Å²) in [6.45, 7) is -0.199. The monoisotopic (exact) mass is 423 g/mol. The maximum absolute atomic E-state index is 12.4. The lowest BCUT2D eigenvalue weighted by molar-refractivity contribution is -0.118. The fourth-order valence-electron chi connectivity index (χ4n) is 3.93. The number of benzene rings is 2. The zero-order valence-electron chi connectivity index (χ0n) is 17.7. The molecule has 1 amide bonds. The number of rotatable bonds is 6. The maximum Gasteiger partial charge on any atom is 0.339 e. The van der Waals surface area contributed by atoms with Gasteiger partial charge in [-0.2, -0.15) is 0 Å². The molecule has 0 saturated heterocycles. The summed E-state index contributed by atoms with van der Waals surface area (Å²) in [7, 11) is 3.08. The van der Waals surface area contributed by atoms with Crippen molar-refractivity contribution >= 4 is 22.6 Å². The van der Waals surface area contributed by atoms with E-state index in [1.54, 1.807) is 37.4 Å². The predicted molar refractivity (Wildman–Crippen MR) is 117 cm³/mol. The molecule has 7 nitrogen and oxygen atoms in total. The first kappa shape index (κ1) is 20.8. The summed E-state index contributed by atoms with van der Waals surface area (Å²) in [6, 6.07) is 10.5. The number of carbonyl (C=O) groups is 1. The van der Waals surface area contributed by atoms with Crippen LogP contribution in [0.25, 0.3) is 11.0 Å². The highest BCUT2D eigenvalue weighted by Gasteiger charge is 2.17. The molecule has 0 spiro atoms. The molecule has 1 aliphatic rings. The number of amides is 1. The number of fused-ring (bicyclic) bond motifs is 3. The minimum atomic E-state index is -0.341. The first-order valence-electron chi connectivity index (χ1n) is 10.3. The molecule has 2 aromatic carbocycles. The molecule has 7 heteroatoms. The molecule has 31 heavy (non-hydrogen) atoms. The van der Waals surface area contributed by atoms with Crippen molar-refractivity contribution in [2.24, 2.45) is 0 Å². The molecule has 0 unspecified atom stereocenters. The van der Waals surface area contributed by atoms with E-state index in [2.05, 4.69) is 5.32 Å². The Kier molecular flexibility index (Phi) is 6.11. The van der Waals surface area contributed by atoms with Crippen molar-refractivity contribution in [2.45, 2.75) is 32.1 Å². The number of hydrogen-bond acceptors (Lipinski definition) is 6. The standard InChI is InChI=1S/C24H25NO6/c1-28-15-9-11-20(22(12-15)29-2)25-23(26)14-30-16-8-10-18-17-6-4-3-5-7-19(17)24(27)31-21(18)13-16/h8-13H,3-7,14H2,1-2H3,(H,25,26). The van der Waals surface area contributed by atoms with Crippen molar-refractivity contribution in [1.29, 1.82) is 0 Å². The van der Waals surface area contributed by atoms with Crippen LogP contribution in [0.2, 0.25) is 0 Å². The Labute approximate surface area is 179 Å². The number of nitrogens with one attached hydrogen (secondary N) is 1. The molecule has 1 heterocycles. The molecule has 0 bridgehead atoms. The Morgan fingerprint density at radius 2 is 1.74 bits per heavy atom. The second-order valence-corrected chi connectivity index (χ2v) is 7.47. The van der Waals surface area contributed by atoms with Crippen molar-refractivity contribution in [3.8, 4) is 17.2 Å². The summed E-state index contributed by atoms with van der Waals surface area (Å²) < 4.78 is 21.6. The molecular weight excluding hydrogens is 398 g/mol. The Balaban J connectivity index is 1.48. The summed E-state index contributed by atoms with van der Waals surface area (Å²) in [5.41, 5.74) is 2.61. The van der Waals surface area contributed by atoms with Crippen molar-refractivity contribution in [3.63, 3.8) is 0 Å². The van der Waals surface area contributed by atoms with Gasteiger partial charge in [-0.15, -0.1) is 0 Å². The van der Waals surface area contributed by atoms with Crippen LogP contribution in [-0.4, -0.2) is 26.7 Å². The molecule has 1 N–H and O–H groups in total. The van der Waals surface area contributed by atoms with E-state index in [9.17, 15) is 9.59 Å². The molecule has 0 radical (unpaired) electrons. The zero-order chi connectivity index (χ0) is 21.8. The number of carbonyl (C=O) groups excluding carboxylic acids is 1. The third-order valence-electron chi connectivity index (χ3n) is 5.50. The van der Waals surface area contributed by atoms with E-state index in [-0.39, 0.29) is 18.1 Å². The van der Waals surface area contributed by atoms with E-state index < -0.39 is 0 Å². The van der Waals surface area contributed by atoms with Crippen LogP contribution in [-0.2, 0) is 17.6 Å². The minimum Gasteiger partial charge on any atom is -0.497 e. The lowest BCUT2D eigenvalue weighted by atomic mass is 10.0. The first-order valence-corrected chi connectivity index (χ1v) is 10.3. The highest BCUT2D eigenvalue weighted by atomic mass is 16.5. The maximum atomic E-state index is 12.4. The van der Waals surface area contributed by atoms with Gasteiger partial charge in [0.05, 0.1) is 19.9 Å². The summed E-state index contributed by atoms with van der Waals surface area (Å²) in [4.78, 5) is 24.8. The van der Waals surface area contributed by atoms with E-state index >= 15 is 0 Å². The average Bonchev–Trinajstić information content (AvgIpc) is 3.04. The molecule has 162 valence electrons. The van der Waals surface area contributed by atoms with Crippen LogP contribution in [0.1, 0.15) is 30.4 Å². The van der Waals surface area contributed by atoms with Crippen LogP contribution in [0, 0.1) is 0 Å². The van der Waals surface area contributed by atoms with Crippen LogP contribution in [0.15, 0.2) is 45.6 Å². The lowest BCUT2D eigenvalue weighted by Crippen LogP contribution is -2.20. The Morgan fingerprint density at radius 3 is 2.52 bits per heavy atom. The van der Waals surface area contributed by atoms with Crippen molar-refractivity contribution in [3.05, 3.63) is 57.9 Å². The zero-order valence-corrected chi connectivity index (χ0v) is 17.7. The summed E-state index contributed by atoms with van der Waals surface area (Å²) >= 11 is 0. The Morgan fingerprint density at radius 1 is 0.968 bits per heavy atom. The predicted octanol–water partition coefficient (Wildman–Crippen LogP) is 4.10. The molecule has 4 rings (SSSR count). The van der Waals surface area contributed by atoms with E-state index in [0.717, 1.165) is 48.6 Å². The molecule has 1 aliphatic carbocycles. The van der Waals surface area contributed by atoms with Gasteiger partial charge in [0.2, 0.25) is 0 Å². The third-order valence-corrected chi connectivity index (χ3v) is 5.50. The molecule has 0 aliphatic heterocycles. The second-order valence-electron chi connectivity index (χ2n) is 7.47.